The number of hydrogen-bond donors (Lipinski definition) is 2. The molecule has 1 aliphatic heterocycles. The Balaban J connectivity index is 2.09. The fraction of sp³-hybridized carbons (Fsp3) is 0.611. The molecular formula is C18H29N3O5S. The van der Waals surface area contributed by atoms with Crippen LogP contribution < -0.4 is 19.9 Å². The summed E-state index contributed by atoms with van der Waals surface area (Å²) in [6.45, 7) is 5.16. The van der Waals surface area contributed by atoms with E-state index in [4.69, 9.17) is 15.2 Å². The first kappa shape index (κ1) is 21.5. The second kappa shape index (κ2) is 9.91. The van der Waals surface area contributed by atoms with Crippen LogP contribution in [0.2, 0.25) is 0 Å². The Kier molecular flexibility index (Phi) is 7.88. The lowest BCUT2D eigenvalue weighted by molar-refractivity contribution is -0.133. The first-order valence-electron chi connectivity index (χ1n) is 9.31. The van der Waals surface area contributed by atoms with Gasteiger partial charge in [-0.05, 0) is 45.2 Å². The van der Waals surface area contributed by atoms with Gasteiger partial charge in [-0.2, -0.15) is 0 Å². The molecule has 9 heteroatoms. The highest BCUT2D eigenvalue weighted by Gasteiger charge is 2.27. The summed E-state index contributed by atoms with van der Waals surface area (Å²) in [6.07, 6.45) is 2.79. The Labute approximate surface area is 161 Å². The smallest absolute Gasteiger partial charge is 0.241 e. The van der Waals surface area contributed by atoms with Crippen molar-refractivity contribution in [3.63, 3.8) is 0 Å². The summed E-state index contributed by atoms with van der Waals surface area (Å²) >= 11 is 0. The summed E-state index contributed by atoms with van der Waals surface area (Å²) in [5.74, 6) is 0.575. The number of carbonyl (C=O) groups excluding carboxylic acids is 1. The van der Waals surface area contributed by atoms with Gasteiger partial charge in [0.05, 0.1) is 24.7 Å². The van der Waals surface area contributed by atoms with E-state index in [1.807, 2.05) is 6.92 Å². The highest BCUT2D eigenvalue weighted by atomic mass is 32.2. The Bertz CT molecular complexity index is 739. The molecule has 1 aliphatic rings. The van der Waals surface area contributed by atoms with Gasteiger partial charge in [0.15, 0.2) is 11.5 Å². The molecule has 0 bridgehead atoms. The molecule has 0 spiro atoms. The summed E-state index contributed by atoms with van der Waals surface area (Å²) in [6, 6.07) is 4.38. The third kappa shape index (κ3) is 5.57. The van der Waals surface area contributed by atoms with Gasteiger partial charge in [-0.25, -0.2) is 13.1 Å². The number of piperidine rings is 1. The molecule has 3 N–H and O–H groups in total. The quantitative estimate of drug-likeness (QED) is 0.643. The molecule has 1 aromatic rings. The number of rotatable bonds is 9. The number of hydrogen-bond acceptors (Lipinski definition) is 6. The molecule has 2 rings (SSSR count). The Morgan fingerprint density at radius 2 is 1.93 bits per heavy atom. The van der Waals surface area contributed by atoms with Crippen molar-refractivity contribution in [3.8, 4) is 11.5 Å². The lowest BCUT2D eigenvalue weighted by Crippen LogP contribution is -2.50. The molecule has 27 heavy (non-hydrogen) atoms. The summed E-state index contributed by atoms with van der Waals surface area (Å²) < 4.78 is 38.5. The molecule has 1 unspecified atom stereocenters. The first-order valence-corrected chi connectivity index (χ1v) is 10.8. The summed E-state index contributed by atoms with van der Waals surface area (Å²) in [7, 11) is -3.86. The van der Waals surface area contributed by atoms with Crippen LogP contribution in [0.3, 0.4) is 0 Å². The number of ether oxygens (including phenoxy) is 2. The zero-order chi connectivity index (χ0) is 19.9. The van der Waals surface area contributed by atoms with Crippen LogP contribution in [0, 0.1) is 0 Å². The van der Waals surface area contributed by atoms with E-state index < -0.39 is 10.0 Å². The minimum Gasteiger partial charge on any atom is -0.490 e. The molecule has 8 nitrogen and oxygen atoms in total. The van der Waals surface area contributed by atoms with Gasteiger partial charge in [0, 0.05) is 25.2 Å². The molecule has 1 aromatic carbocycles. The molecule has 1 saturated heterocycles. The molecule has 1 fully saturated rings. The largest absolute Gasteiger partial charge is 0.490 e. The van der Waals surface area contributed by atoms with Crippen molar-refractivity contribution in [1.82, 2.24) is 9.62 Å². The van der Waals surface area contributed by atoms with Gasteiger partial charge in [-0.3, -0.25) is 4.79 Å². The van der Waals surface area contributed by atoms with Crippen LogP contribution in [0.5, 0.6) is 11.5 Å². The Morgan fingerprint density at radius 1 is 1.22 bits per heavy atom. The second-order valence-corrected chi connectivity index (χ2v) is 8.04. The predicted molar refractivity (Wildman–Crippen MR) is 102 cm³/mol. The van der Waals surface area contributed by atoms with E-state index in [0.29, 0.717) is 37.8 Å². The number of nitrogens with two attached hydrogens (primary N) is 1. The number of carbonyl (C=O) groups is 1. The topological polar surface area (TPSA) is 111 Å². The summed E-state index contributed by atoms with van der Waals surface area (Å²) in [4.78, 5) is 14.2. The minimum absolute atomic E-state index is 0.0224. The third-order valence-electron chi connectivity index (χ3n) is 4.46. The number of nitrogens with zero attached hydrogens (tertiary/aromatic N) is 1. The van der Waals surface area contributed by atoms with Crippen LogP contribution in [-0.4, -0.2) is 58.1 Å². The number of benzene rings is 1. The Morgan fingerprint density at radius 3 is 2.59 bits per heavy atom. The maximum absolute atomic E-state index is 12.6. The van der Waals surface area contributed by atoms with E-state index in [2.05, 4.69) is 4.72 Å². The second-order valence-electron chi connectivity index (χ2n) is 6.27. The van der Waals surface area contributed by atoms with Crippen LogP contribution in [0.15, 0.2) is 23.1 Å². The van der Waals surface area contributed by atoms with Gasteiger partial charge in [0.2, 0.25) is 15.9 Å². The van der Waals surface area contributed by atoms with Gasteiger partial charge in [-0.15, -0.1) is 0 Å². The van der Waals surface area contributed by atoms with Crippen LogP contribution in [0.25, 0.3) is 0 Å². The first-order chi connectivity index (χ1) is 12.9. The molecule has 152 valence electrons. The summed E-state index contributed by atoms with van der Waals surface area (Å²) in [5.41, 5.74) is 5.73. The van der Waals surface area contributed by atoms with Crippen molar-refractivity contribution in [2.75, 3.05) is 32.8 Å². The molecule has 0 aromatic heterocycles. The molecule has 1 atom stereocenters. The van der Waals surface area contributed by atoms with E-state index in [0.717, 1.165) is 19.3 Å². The van der Waals surface area contributed by atoms with Gasteiger partial charge in [-0.1, -0.05) is 0 Å². The number of likely N-dealkylation sites (tertiary alicyclic amines) is 1. The van der Waals surface area contributed by atoms with Gasteiger partial charge < -0.3 is 20.1 Å². The Hall–Kier alpha value is -1.84. The van der Waals surface area contributed by atoms with Gasteiger partial charge >= 0.3 is 0 Å². The van der Waals surface area contributed by atoms with E-state index >= 15 is 0 Å². The van der Waals surface area contributed by atoms with E-state index in [9.17, 15) is 13.2 Å². The summed E-state index contributed by atoms with van der Waals surface area (Å²) in [5, 5.41) is 0. The standard InChI is InChI=1S/C18H29N3O5S/c1-3-25-16-9-8-15(11-17(16)26-4-2)27(23,24)20-13-18(22)21-10-6-5-7-14(21)12-19/h8-9,11,14,20H,3-7,10,12-13,19H2,1-2H3. The van der Waals surface area contributed by atoms with Gasteiger partial charge in [0.25, 0.3) is 0 Å². The van der Waals surface area contributed by atoms with E-state index in [1.165, 1.54) is 12.1 Å². The van der Waals surface area contributed by atoms with Crippen molar-refractivity contribution in [1.29, 1.82) is 0 Å². The maximum atomic E-state index is 12.6. The number of nitrogens with one attached hydrogen (secondary N) is 1. The third-order valence-corrected chi connectivity index (χ3v) is 5.86. The molecule has 0 saturated carbocycles. The van der Waals surface area contributed by atoms with Crippen LogP contribution in [0.1, 0.15) is 33.1 Å². The van der Waals surface area contributed by atoms with E-state index in [1.54, 1.807) is 17.9 Å². The normalized spacial score (nSPS) is 17.6. The zero-order valence-corrected chi connectivity index (χ0v) is 16.8. The van der Waals surface area contributed by atoms with Crippen LogP contribution in [-0.2, 0) is 14.8 Å². The average molecular weight is 400 g/mol. The maximum Gasteiger partial charge on any atom is 0.241 e. The fourth-order valence-corrected chi connectivity index (χ4v) is 4.10. The van der Waals surface area contributed by atoms with Gasteiger partial charge in [0.1, 0.15) is 0 Å². The minimum atomic E-state index is -3.86. The van der Waals surface area contributed by atoms with Crippen molar-refractivity contribution >= 4 is 15.9 Å². The van der Waals surface area contributed by atoms with Crippen molar-refractivity contribution in [2.24, 2.45) is 5.73 Å². The highest BCUT2D eigenvalue weighted by Crippen LogP contribution is 2.30. The van der Waals surface area contributed by atoms with Crippen LogP contribution in [0.4, 0.5) is 0 Å². The monoisotopic (exact) mass is 399 g/mol. The number of sulfonamides is 1. The zero-order valence-electron chi connectivity index (χ0n) is 15.9. The van der Waals surface area contributed by atoms with Crippen molar-refractivity contribution in [2.45, 2.75) is 44.0 Å². The average Bonchev–Trinajstić information content (AvgIpc) is 2.67. The molecule has 1 heterocycles. The van der Waals surface area contributed by atoms with Crippen molar-refractivity contribution < 1.29 is 22.7 Å². The molecule has 0 radical (unpaired) electrons. The lowest BCUT2D eigenvalue weighted by atomic mass is 10.0. The SMILES string of the molecule is CCOc1ccc(S(=O)(=O)NCC(=O)N2CCCCC2CN)cc1OCC. The molecule has 0 aliphatic carbocycles. The van der Waals surface area contributed by atoms with E-state index in [-0.39, 0.29) is 23.4 Å². The molecule has 1 amide bonds. The molecular weight excluding hydrogens is 370 g/mol. The predicted octanol–water partition coefficient (Wildman–Crippen LogP) is 1.10. The number of amides is 1. The fourth-order valence-electron chi connectivity index (χ4n) is 3.11. The highest BCUT2D eigenvalue weighted by molar-refractivity contribution is 7.89. The van der Waals surface area contributed by atoms with Crippen molar-refractivity contribution in [3.05, 3.63) is 18.2 Å². The van der Waals surface area contributed by atoms with Crippen LogP contribution >= 0.6 is 0 Å². The lowest BCUT2D eigenvalue weighted by Gasteiger charge is -2.35.